The van der Waals surface area contributed by atoms with E-state index in [1.54, 1.807) is 0 Å². The minimum absolute atomic E-state index is 0.406. The Morgan fingerprint density at radius 1 is 1.47 bits per heavy atom. The fourth-order valence-corrected chi connectivity index (χ4v) is 4.40. The Bertz CT molecular complexity index is 185. The molecule has 0 saturated carbocycles. The molecular weight excluding hydrogens is 270 g/mol. The Morgan fingerprint density at radius 3 is 2.53 bits per heavy atom. The summed E-state index contributed by atoms with van der Waals surface area (Å²) in [5, 5.41) is 1.11. The van der Waals surface area contributed by atoms with Crippen molar-refractivity contribution in [2.45, 2.75) is 33.2 Å². The van der Waals surface area contributed by atoms with Gasteiger partial charge in [-0.25, -0.2) is 0 Å². The van der Waals surface area contributed by atoms with Gasteiger partial charge in [0, 0.05) is 23.7 Å². The van der Waals surface area contributed by atoms with E-state index >= 15 is 0 Å². The Balaban J connectivity index is 2.43. The van der Waals surface area contributed by atoms with Crippen molar-refractivity contribution in [1.29, 1.82) is 0 Å². The van der Waals surface area contributed by atoms with Crippen molar-refractivity contribution in [2.24, 2.45) is 11.3 Å². The van der Waals surface area contributed by atoms with Crippen LogP contribution in [0.1, 0.15) is 27.2 Å². The minimum atomic E-state index is 0.406. The fourth-order valence-electron chi connectivity index (χ4n) is 1.92. The highest BCUT2D eigenvalue weighted by Gasteiger charge is 2.28. The Labute approximate surface area is 107 Å². The summed E-state index contributed by atoms with van der Waals surface area (Å²) in [7, 11) is 2.29. The summed E-state index contributed by atoms with van der Waals surface area (Å²) < 4.78 is 0. The zero-order valence-electron chi connectivity index (χ0n) is 10.4. The molecule has 1 fully saturated rings. The van der Waals surface area contributed by atoms with Crippen molar-refractivity contribution < 1.29 is 0 Å². The van der Waals surface area contributed by atoms with Gasteiger partial charge in [-0.3, -0.25) is 0 Å². The van der Waals surface area contributed by atoms with Gasteiger partial charge in [0.15, 0.2) is 0 Å². The standard InChI is InChI=1S/C12H24BrNS/c1-12(2,3)10(7-13)8-14(4)11-5-6-15-9-11/h10-11H,5-9H2,1-4H3. The molecule has 0 N–H and O–H groups in total. The lowest BCUT2D eigenvalue weighted by atomic mass is 9.81. The van der Waals surface area contributed by atoms with Crippen molar-refractivity contribution in [2.75, 3.05) is 30.4 Å². The second-order valence-electron chi connectivity index (χ2n) is 5.67. The molecule has 1 aliphatic rings. The number of hydrogen-bond acceptors (Lipinski definition) is 2. The summed E-state index contributed by atoms with van der Waals surface area (Å²) >= 11 is 5.76. The van der Waals surface area contributed by atoms with Crippen LogP contribution in [0.2, 0.25) is 0 Å². The van der Waals surface area contributed by atoms with E-state index in [1.807, 2.05) is 0 Å². The normalized spacial score (nSPS) is 24.8. The molecule has 0 aromatic heterocycles. The lowest BCUT2D eigenvalue weighted by Crippen LogP contribution is -2.40. The summed E-state index contributed by atoms with van der Waals surface area (Å²) in [5.74, 6) is 3.42. The van der Waals surface area contributed by atoms with Crippen molar-refractivity contribution >= 4 is 27.7 Å². The maximum absolute atomic E-state index is 3.66. The van der Waals surface area contributed by atoms with E-state index in [2.05, 4.69) is 60.4 Å². The quantitative estimate of drug-likeness (QED) is 0.730. The van der Waals surface area contributed by atoms with E-state index in [4.69, 9.17) is 0 Å². The predicted molar refractivity (Wildman–Crippen MR) is 75.1 cm³/mol. The fraction of sp³-hybridized carbons (Fsp3) is 1.00. The first kappa shape index (κ1) is 13.9. The zero-order valence-corrected chi connectivity index (χ0v) is 12.8. The smallest absolute Gasteiger partial charge is 0.0191 e. The van der Waals surface area contributed by atoms with Gasteiger partial charge in [-0.05, 0) is 30.6 Å². The van der Waals surface area contributed by atoms with Crippen LogP contribution in [0.15, 0.2) is 0 Å². The first-order chi connectivity index (χ1) is 6.95. The van der Waals surface area contributed by atoms with E-state index in [1.165, 1.54) is 24.5 Å². The summed E-state index contributed by atoms with van der Waals surface area (Å²) in [6, 6.07) is 0.818. The molecule has 0 radical (unpaired) electrons. The molecule has 0 aromatic rings. The second-order valence-corrected chi connectivity index (χ2v) is 7.47. The lowest BCUT2D eigenvalue weighted by molar-refractivity contribution is 0.160. The van der Waals surface area contributed by atoms with Gasteiger partial charge >= 0.3 is 0 Å². The third-order valence-electron chi connectivity index (χ3n) is 3.45. The third kappa shape index (κ3) is 4.27. The Morgan fingerprint density at radius 2 is 2.13 bits per heavy atom. The molecule has 90 valence electrons. The average molecular weight is 294 g/mol. The Hall–Kier alpha value is 0.790. The van der Waals surface area contributed by atoms with Crippen LogP contribution in [-0.4, -0.2) is 41.4 Å². The molecule has 2 atom stereocenters. The Kier molecular flexibility index (Phi) is 5.47. The second kappa shape index (κ2) is 5.92. The molecule has 0 spiro atoms. The predicted octanol–water partition coefficient (Wildman–Crippen LogP) is 3.48. The van der Waals surface area contributed by atoms with Crippen LogP contribution >= 0.6 is 27.7 Å². The van der Waals surface area contributed by atoms with Crippen LogP contribution in [-0.2, 0) is 0 Å². The van der Waals surface area contributed by atoms with Gasteiger partial charge < -0.3 is 4.90 Å². The molecule has 1 heterocycles. The summed E-state index contributed by atoms with van der Waals surface area (Å²) in [4.78, 5) is 2.57. The molecule has 0 amide bonds. The highest BCUT2D eigenvalue weighted by molar-refractivity contribution is 9.09. The minimum Gasteiger partial charge on any atom is -0.302 e. The van der Waals surface area contributed by atoms with Gasteiger partial charge in [-0.15, -0.1) is 0 Å². The molecule has 2 unspecified atom stereocenters. The van der Waals surface area contributed by atoms with Crippen LogP contribution in [0, 0.1) is 11.3 Å². The first-order valence-corrected chi connectivity index (χ1v) is 8.06. The van der Waals surface area contributed by atoms with E-state index in [0.29, 0.717) is 5.41 Å². The van der Waals surface area contributed by atoms with Gasteiger partial charge in [-0.1, -0.05) is 36.7 Å². The molecule has 1 aliphatic heterocycles. The lowest BCUT2D eigenvalue weighted by Gasteiger charge is -2.35. The van der Waals surface area contributed by atoms with Crippen LogP contribution in [0.4, 0.5) is 0 Å². The number of thioether (sulfide) groups is 1. The number of nitrogens with zero attached hydrogens (tertiary/aromatic N) is 1. The average Bonchev–Trinajstić information content (AvgIpc) is 2.64. The first-order valence-electron chi connectivity index (χ1n) is 5.79. The molecule has 1 nitrogen and oxygen atoms in total. The number of alkyl halides is 1. The monoisotopic (exact) mass is 293 g/mol. The van der Waals surface area contributed by atoms with Gasteiger partial charge in [0.1, 0.15) is 0 Å². The van der Waals surface area contributed by atoms with E-state index in [9.17, 15) is 0 Å². The van der Waals surface area contributed by atoms with Crippen LogP contribution in [0.25, 0.3) is 0 Å². The molecule has 0 aliphatic carbocycles. The zero-order chi connectivity index (χ0) is 11.5. The van der Waals surface area contributed by atoms with Crippen LogP contribution < -0.4 is 0 Å². The number of rotatable bonds is 4. The third-order valence-corrected chi connectivity index (χ3v) is 5.37. The summed E-state index contributed by atoms with van der Waals surface area (Å²) in [5.41, 5.74) is 0.406. The van der Waals surface area contributed by atoms with Crippen molar-refractivity contribution in [1.82, 2.24) is 4.90 Å². The molecule has 0 bridgehead atoms. The highest BCUT2D eigenvalue weighted by atomic mass is 79.9. The maximum Gasteiger partial charge on any atom is 0.0191 e. The van der Waals surface area contributed by atoms with Crippen LogP contribution in [0.5, 0.6) is 0 Å². The SMILES string of the molecule is CN(CC(CBr)C(C)(C)C)C1CCSC1. The van der Waals surface area contributed by atoms with E-state index in [0.717, 1.165) is 17.3 Å². The van der Waals surface area contributed by atoms with Crippen molar-refractivity contribution in [3.8, 4) is 0 Å². The topological polar surface area (TPSA) is 3.24 Å². The molecular formula is C12H24BrNS. The number of hydrogen-bond donors (Lipinski definition) is 0. The van der Waals surface area contributed by atoms with Crippen LogP contribution in [0.3, 0.4) is 0 Å². The van der Waals surface area contributed by atoms with Crippen molar-refractivity contribution in [3.63, 3.8) is 0 Å². The van der Waals surface area contributed by atoms with Gasteiger partial charge in [-0.2, -0.15) is 11.8 Å². The molecule has 15 heavy (non-hydrogen) atoms. The molecule has 1 rings (SSSR count). The molecule has 0 aromatic carbocycles. The maximum atomic E-state index is 3.66. The van der Waals surface area contributed by atoms with Gasteiger partial charge in [0.2, 0.25) is 0 Å². The summed E-state index contributed by atoms with van der Waals surface area (Å²) in [6.45, 7) is 8.25. The number of halogens is 1. The van der Waals surface area contributed by atoms with E-state index in [-0.39, 0.29) is 0 Å². The molecule has 1 saturated heterocycles. The van der Waals surface area contributed by atoms with E-state index < -0.39 is 0 Å². The highest BCUT2D eigenvalue weighted by Crippen LogP contribution is 2.30. The largest absolute Gasteiger partial charge is 0.302 e. The summed E-state index contributed by atoms with van der Waals surface area (Å²) in [6.07, 6.45) is 1.38. The van der Waals surface area contributed by atoms with Gasteiger partial charge in [0.25, 0.3) is 0 Å². The molecule has 3 heteroatoms. The van der Waals surface area contributed by atoms with Gasteiger partial charge in [0.05, 0.1) is 0 Å². The van der Waals surface area contributed by atoms with Crippen molar-refractivity contribution in [3.05, 3.63) is 0 Å².